The number of nitrogens with one attached hydrogen (secondary N) is 2. The molecular weight excluding hydrogens is 470 g/mol. The normalized spacial score (nSPS) is 20.9. The first-order valence-corrected chi connectivity index (χ1v) is 13.5. The van der Waals surface area contributed by atoms with Crippen LogP contribution in [0.4, 0.5) is 17.3 Å². The predicted molar refractivity (Wildman–Crippen MR) is 146 cm³/mol. The number of carbonyl (C=O) groups is 1. The second kappa shape index (κ2) is 13.0. The summed E-state index contributed by atoms with van der Waals surface area (Å²) < 4.78 is 6.01. The zero-order valence-corrected chi connectivity index (χ0v) is 22.1. The topological polar surface area (TPSA) is 129 Å². The number of nitrogens with two attached hydrogens (primary N) is 1. The molecule has 0 radical (unpaired) electrons. The Morgan fingerprint density at radius 3 is 2.59 bits per heavy atom. The van der Waals surface area contributed by atoms with Gasteiger partial charge in [0, 0.05) is 50.5 Å². The van der Waals surface area contributed by atoms with E-state index >= 15 is 0 Å². The first kappa shape index (κ1) is 27.1. The quantitative estimate of drug-likeness (QED) is 0.337. The van der Waals surface area contributed by atoms with Gasteiger partial charge in [-0.1, -0.05) is 13.0 Å². The number of nitrogens with zero attached hydrogens (tertiary/aromatic N) is 4. The lowest BCUT2D eigenvalue weighted by molar-refractivity contribution is 0.0996. The van der Waals surface area contributed by atoms with Crippen molar-refractivity contribution in [3.63, 3.8) is 0 Å². The first-order valence-electron chi connectivity index (χ1n) is 13.5. The van der Waals surface area contributed by atoms with Crippen molar-refractivity contribution in [2.75, 3.05) is 57.0 Å². The second-order valence-electron chi connectivity index (χ2n) is 10.1. The highest BCUT2D eigenvalue weighted by Crippen LogP contribution is 2.27. The number of aliphatic hydroxyl groups excluding tert-OH is 1. The Bertz CT molecular complexity index is 1030. The van der Waals surface area contributed by atoms with Crippen LogP contribution >= 0.6 is 0 Å². The monoisotopic (exact) mass is 511 g/mol. The number of anilines is 3. The molecule has 202 valence electrons. The lowest BCUT2D eigenvalue weighted by Gasteiger charge is -2.32. The van der Waals surface area contributed by atoms with E-state index in [2.05, 4.69) is 32.5 Å². The number of primary amides is 1. The molecular formula is C27H41N7O3. The number of amides is 1. The Morgan fingerprint density at radius 1 is 1.14 bits per heavy atom. The summed E-state index contributed by atoms with van der Waals surface area (Å²) in [4.78, 5) is 26.3. The smallest absolute Gasteiger partial charge is 0.271 e. The Balaban J connectivity index is 1.40. The molecule has 1 aliphatic heterocycles. The number of piperazine rings is 1. The molecule has 1 amide bonds. The molecule has 2 aromatic rings. The molecule has 2 aliphatic rings. The SMILES string of the molecule is CCc1nc(C(N)=O)c(Nc2cccc(OCCCN3CCN(C)CC3)c2)nc1NC1CCC(O)CC1. The van der Waals surface area contributed by atoms with Crippen LogP contribution in [0.2, 0.25) is 0 Å². The Morgan fingerprint density at radius 2 is 1.89 bits per heavy atom. The van der Waals surface area contributed by atoms with E-state index in [1.807, 2.05) is 31.2 Å². The number of hydrogen-bond donors (Lipinski definition) is 4. The molecule has 2 heterocycles. The van der Waals surface area contributed by atoms with Crippen LogP contribution in [0, 0.1) is 0 Å². The van der Waals surface area contributed by atoms with Crippen molar-refractivity contribution in [2.45, 2.75) is 57.6 Å². The van der Waals surface area contributed by atoms with Gasteiger partial charge in [-0.3, -0.25) is 4.79 Å². The number of aliphatic hydroxyl groups is 1. The van der Waals surface area contributed by atoms with Gasteiger partial charge in [0.05, 0.1) is 18.4 Å². The maximum atomic E-state index is 12.2. The van der Waals surface area contributed by atoms with Gasteiger partial charge in [0.1, 0.15) is 11.6 Å². The van der Waals surface area contributed by atoms with E-state index in [-0.39, 0.29) is 17.8 Å². The molecule has 1 saturated carbocycles. The highest BCUT2D eigenvalue weighted by molar-refractivity contribution is 5.96. The summed E-state index contributed by atoms with van der Waals surface area (Å²) >= 11 is 0. The minimum atomic E-state index is -0.631. The zero-order chi connectivity index (χ0) is 26.2. The molecule has 1 aromatic heterocycles. The molecule has 1 saturated heterocycles. The van der Waals surface area contributed by atoms with Gasteiger partial charge < -0.3 is 36.0 Å². The predicted octanol–water partition coefficient (Wildman–Crippen LogP) is 2.61. The van der Waals surface area contributed by atoms with E-state index in [4.69, 9.17) is 15.5 Å². The molecule has 0 spiro atoms. The third-order valence-corrected chi connectivity index (χ3v) is 7.15. The molecule has 37 heavy (non-hydrogen) atoms. The Hall–Kier alpha value is -2.95. The van der Waals surface area contributed by atoms with Crippen molar-refractivity contribution in [1.82, 2.24) is 19.8 Å². The fraction of sp³-hybridized carbons (Fsp3) is 0.593. The summed E-state index contributed by atoms with van der Waals surface area (Å²) in [5.74, 6) is 1.08. The van der Waals surface area contributed by atoms with Crippen LogP contribution in [-0.4, -0.2) is 89.3 Å². The van der Waals surface area contributed by atoms with Gasteiger partial charge in [0.2, 0.25) is 0 Å². The fourth-order valence-corrected chi connectivity index (χ4v) is 4.85. The van der Waals surface area contributed by atoms with Crippen LogP contribution in [0.3, 0.4) is 0 Å². The van der Waals surface area contributed by atoms with Crippen LogP contribution in [0.25, 0.3) is 0 Å². The number of likely N-dealkylation sites (N-methyl/N-ethyl adjacent to an activating group) is 1. The summed E-state index contributed by atoms with van der Waals surface area (Å²) in [6.45, 7) is 8.09. The minimum absolute atomic E-state index is 0.111. The van der Waals surface area contributed by atoms with Gasteiger partial charge in [-0.2, -0.15) is 0 Å². The number of aromatic nitrogens is 2. The molecule has 4 rings (SSSR count). The third kappa shape index (κ3) is 7.77. The van der Waals surface area contributed by atoms with Gasteiger partial charge in [-0.05, 0) is 57.7 Å². The first-order chi connectivity index (χ1) is 17.9. The van der Waals surface area contributed by atoms with E-state index in [0.717, 1.165) is 76.3 Å². The Labute approximate surface area is 219 Å². The average Bonchev–Trinajstić information content (AvgIpc) is 2.89. The highest BCUT2D eigenvalue weighted by Gasteiger charge is 2.23. The number of aryl methyl sites for hydroxylation is 1. The van der Waals surface area contributed by atoms with Crippen molar-refractivity contribution >= 4 is 23.2 Å². The molecule has 0 atom stereocenters. The molecule has 10 nitrogen and oxygen atoms in total. The van der Waals surface area contributed by atoms with Crippen molar-refractivity contribution in [2.24, 2.45) is 5.73 Å². The van der Waals surface area contributed by atoms with Crippen LogP contribution in [0.1, 0.15) is 55.2 Å². The van der Waals surface area contributed by atoms with Crippen molar-refractivity contribution in [1.29, 1.82) is 0 Å². The van der Waals surface area contributed by atoms with E-state index < -0.39 is 5.91 Å². The molecule has 2 fully saturated rings. The van der Waals surface area contributed by atoms with Crippen molar-refractivity contribution < 1.29 is 14.6 Å². The summed E-state index contributed by atoms with van der Waals surface area (Å²) in [6.07, 6.45) is 4.59. The molecule has 0 bridgehead atoms. The molecule has 1 aliphatic carbocycles. The third-order valence-electron chi connectivity index (χ3n) is 7.15. The van der Waals surface area contributed by atoms with Gasteiger partial charge in [0.25, 0.3) is 5.91 Å². The zero-order valence-electron chi connectivity index (χ0n) is 22.1. The number of carbonyl (C=O) groups excluding carboxylic acids is 1. The maximum absolute atomic E-state index is 12.2. The minimum Gasteiger partial charge on any atom is -0.493 e. The van der Waals surface area contributed by atoms with Crippen LogP contribution < -0.4 is 21.1 Å². The van der Waals surface area contributed by atoms with Gasteiger partial charge >= 0.3 is 0 Å². The second-order valence-corrected chi connectivity index (χ2v) is 10.1. The van der Waals surface area contributed by atoms with Gasteiger partial charge in [-0.25, -0.2) is 9.97 Å². The van der Waals surface area contributed by atoms with Crippen LogP contribution in [0.15, 0.2) is 24.3 Å². The summed E-state index contributed by atoms with van der Waals surface area (Å²) in [5, 5.41) is 16.5. The van der Waals surface area contributed by atoms with Crippen LogP contribution in [0.5, 0.6) is 5.75 Å². The van der Waals surface area contributed by atoms with Crippen molar-refractivity contribution in [3.8, 4) is 5.75 Å². The number of rotatable bonds is 11. The van der Waals surface area contributed by atoms with E-state index in [1.165, 1.54) is 0 Å². The van der Waals surface area contributed by atoms with Gasteiger partial charge in [0.15, 0.2) is 11.5 Å². The summed E-state index contributed by atoms with van der Waals surface area (Å²) in [7, 11) is 2.16. The summed E-state index contributed by atoms with van der Waals surface area (Å²) in [6, 6.07) is 7.82. The molecule has 10 heteroatoms. The largest absolute Gasteiger partial charge is 0.493 e. The number of benzene rings is 1. The molecule has 1 aromatic carbocycles. The lowest BCUT2D eigenvalue weighted by Crippen LogP contribution is -2.44. The standard InChI is InChI=1S/C27H41N7O3/c1-3-23-26(29-19-8-10-21(35)11-9-19)32-27(24(31-23)25(28)36)30-20-6-4-7-22(18-20)37-17-5-12-34-15-13-33(2)14-16-34/h4,6-7,18-19,21,35H,3,5,8-17H2,1-2H3,(H2,28,36)(H2,29,30,32). The number of hydrogen-bond acceptors (Lipinski definition) is 9. The lowest BCUT2D eigenvalue weighted by atomic mass is 9.93. The van der Waals surface area contributed by atoms with Crippen LogP contribution in [-0.2, 0) is 6.42 Å². The van der Waals surface area contributed by atoms with E-state index in [9.17, 15) is 9.90 Å². The number of ether oxygens (including phenoxy) is 1. The molecule has 0 unspecified atom stereocenters. The van der Waals surface area contributed by atoms with E-state index in [0.29, 0.717) is 30.4 Å². The average molecular weight is 512 g/mol. The maximum Gasteiger partial charge on any atom is 0.271 e. The fourth-order valence-electron chi connectivity index (χ4n) is 4.85. The molecule has 5 N–H and O–H groups in total. The summed E-state index contributed by atoms with van der Waals surface area (Å²) in [5.41, 5.74) is 7.21. The van der Waals surface area contributed by atoms with Gasteiger partial charge in [-0.15, -0.1) is 0 Å². The van der Waals surface area contributed by atoms with E-state index in [1.54, 1.807) is 0 Å². The van der Waals surface area contributed by atoms with Crippen molar-refractivity contribution in [3.05, 3.63) is 35.7 Å². The Kier molecular flexibility index (Phi) is 9.54. The highest BCUT2D eigenvalue weighted by atomic mass is 16.5.